The van der Waals surface area contributed by atoms with E-state index in [1.807, 2.05) is 0 Å². The predicted molar refractivity (Wildman–Crippen MR) is 60.9 cm³/mol. The van der Waals surface area contributed by atoms with E-state index < -0.39 is 17.7 Å². The lowest BCUT2D eigenvalue weighted by molar-refractivity contribution is -0.125. The second-order valence-electron chi connectivity index (χ2n) is 4.13. The van der Waals surface area contributed by atoms with E-state index in [9.17, 15) is 18.4 Å². The molecule has 2 amide bonds. The van der Waals surface area contributed by atoms with Crippen molar-refractivity contribution in [2.24, 2.45) is 0 Å². The molecule has 1 aromatic carbocycles. The average Bonchev–Trinajstić information content (AvgIpc) is 2.44. The maximum Gasteiger partial charge on any atom is 0.249 e. The van der Waals surface area contributed by atoms with Crippen LogP contribution in [0.15, 0.2) is 18.2 Å². The summed E-state index contributed by atoms with van der Waals surface area (Å²) in [5, 5.41) is 2.52. The lowest BCUT2D eigenvalue weighted by Crippen LogP contribution is -2.42. The quantitative estimate of drug-likeness (QED) is 0.818. The van der Waals surface area contributed by atoms with Crippen LogP contribution in [0.3, 0.4) is 0 Å². The van der Waals surface area contributed by atoms with Gasteiger partial charge in [-0.15, -0.1) is 0 Å². The Morgan fingerprint density at radius 3 is 2.67 bits per heavy atom. The highest BCUT2D eigenvalue weighted by atomic mass is 19.2. The van der Waals surface area contributed by atoms with Crippen LogP contribution in [-0.2, 0) is 9.59 Å². The van der Waals surface area contributed by atoms with Gasteiger partial charge in [-0.2, -0.15) is 0 Å². The molecule has 1 aromatic rings. The lowest BCUT2D eigenvalue weighted by Gasteiger charge is -2.22. The fraction of sp³-hybridized carbons (Fsp3) is 0.333. The van der Waals surface area contributed by atoms with Gasteiger partial charge in [-0.3, -0.25) is 9.59 Å². The number of rotatable bonds is 1. The molecule has 1 saturated heterocycles. The lowest BCUT2D eigenvalue weighted by atomic mass is 10.2. The van der Waals surface area contributed by atoms with Crippen molar-refractivity contribution in [3.63, 3.8) is 0 Å². The fourth-order valence-electron chi connectivity index (χ4n) is 1.84. The van der Waals surface area contributed by atoms with Crippen LogP contribution in [0.25, 0.3) is 0 Å². The summed E-state index contributed by atoms with van der Waals surface area (Å²) in [5.74, 6) is -2.56. The third-order valence-electron chi connectivity index (χ3n) is 2.79. The van der Waals surface area contributed by atoms with Crippen LogP contribution in [0.4, 0.5) is 14.5 Å². The number of hydrogen-bond donors (Lipinski definition) is 1. The molecule has 6 heteroatoms. The van der Waals surface area contributed by atoms with Crippen LogP contribution in [0, 0.1) is 11.6 Å². The van der Waals surface area contributed by atoms with Gasteiger partial charge in [-0.25, -0.2) is 8.78 Å². The molecular formula is C12H12F2N2O2. The van der Waals surface area contributed by atoms with E-state index in [-0.39, 0.29) is 30.5 Å². The van der Waals surface area contributed by atoms with Crippen LogP contribution < -0.4 is 10.2 Å². The summed E-state index contributed by atoms with van der Waals surface area (Å²) in [6.07, 6.45) is 0.134. The molecule has 1 atom stereocenters. The molecule has 2 rings (SSSR count). The largest absolute Gasteiger partial charge is 0.345 e. The van der Waals surface area contributed by atoms with E-state index in [0.29, 0.717) is 0 Å². The van der Waals surface area contributed by atoms with Gasteiger partial charge in [0.25, 0.3) is 0 Å². The van der Waals surface area contributed by atoms with Crippen molar-refractivity contribution < 1.29 is 18.4 Å². The van der Waals surface area contributed by atoms with Gasteiger partial charge in [0.05, 0.1) is 0 Å². The van der Waals surface area contributed by atoms with Crippen molar-refractivity contribution in [2.75, 3.05) is 11.4 Å². The van der Waals surface area contributed by atoms with Gasteiger partial charge in [0, 0.05) is 24.7 Å². The first-order chi connectivity index (χ1) is 8.49. The van der Waals surface area contributed by atoms with E-state index in [1.54, 1.807) is 6.92 Å². The molecule has 1 fully saturated rings. The average molecular weight is 254 g/mol. The summed E-state index contributed by atoms with van der Waals surface area (Å²) in [4.78, 5) is 24.6. The Hall–Kier alpha value is -1.98. The van der Waals surface area contributed by atoms with E-state index in [2.05, 4.69) is 5.32 Å². The van der Waals surface area contributed by atoms with Crippen LogP contribution in [0.1, 0.15) is 13.3 Å². The van der Waals surface area contributed by atoms with Crippen molar-refractivity contribution in [3.05, 3.63) is 29.8 Å². The van der Waals surface area contributed by atoms with Gasteiger partial charge < -0.3 is 10.2 Å². The zero-order valence-electron chi connectivity index (χ0n) is 9.74. The highest BCUT2D eigenvalue weighted by Gasteiger charge is 2.27. The van der Waals surface area contributed by atoms with Crippen molar-refractivity contribution in [1.29, 1.82) is 0 Å². The molecule has 0 aliphatic carbocycles. The number of halogens is 2. The molecule has 0 radical (unpaired) electrons. The molecule has 1 aliphatic rings. The smallest absolute Gasteiger partial charge is 0.249 e. The number of amides is 2. The summed E-state index contributed by atoms with van der Waals surface area (Å²) in [6.45, 7) is 1.71. The Bertz CT molecular complexity index is 505. The zero-order valence-corrected chi connectivity index (χ0v) is 9.74. The maximum atomic E-state index is 13.1. The molecule has 0 aromatic heterocycles. The number of carbonyl (C=O) groups excluding carboxylic acids is 2. The van der Waals surface area contributed by atoms with Gasteiger partial charge in [0.15, 0.2) is 11.6 Å². The standard InChI is InChI=1S/C12H12F2N2O2/c1-7-12(18)16(5-4-11(17)15-7)8-2-3-9(13)10(14)6-8/h2-3,6-7H,4-5H2,1H3,(H,15,17). The molecule has 18 heavy (non-hydrogen) atoms. The molecule has 1 aliphatic heterocycles. The number of carbonyl (C=O) groups is 2. The van der Waals surface area contributed by atoms with Crippen LogP contribution >= 0.6 is 0 Å². The molecule has 1 heterocycles. The Labute approximate surface area is 103 Å². The van der Waals surface area contributed by atoms with Gasteiger partial charge in [0.1, 0.15) is 6.04 Å². The maximum absolute atomic E-state index is 13.1. The van der Waals surface area contributed by atoms with Crippen LogP contribution in [0.5, 0.6) is 0 Å². The molecule has 96 valence electrons. The fourth-order valence-corrected chi connectivity index (χ4v) is 1.84. The molecule has 0 saturated carbocycles. The van der Waals surface area contributed by atoms with Gasteiger partial charge >= 0.3 is 0 Å². The molecule has 1 N–H and O–H groups in total. The first kappa shape index (κ1) is 12.5. The number of hydrogen-bond acceptors (Lipinski definition) is 2. The highest BCUT2D eigenvalue weighted by Crippen LogP contribution is 2.20. The van der Waals surface area contributed by atoms with E-state index >= 15 is 0 Å². The number of benzene rings is 1. The Morgan fingerprint density at radius 2 is 2.00 bits per heavy atom. The summed E-state index contributed by atoms with van der Waals surface area (Å²) in [5.41, 5.74) is 0.252. The molecule has 0 bridgehead atoms. The first-order valence-corrected chi connectivity index (χ1v) is 5.55. The van der Waals surface area contributed by atoms with Crippen molar-refractivity contribution in [2.45, 2.75) is 19.4 Å². The van der Waals surface area contributed by atoms with E-state index in [0.717, 1.165) is 12.1 Å². The Kier molecular flexibility index (Phi) is 3.27. The Morgan fingerprint density at radius 1 is 1.28 bits per heavy atom. The van der Waals surface area contributed by atoms with Gasteiger partial charge in [-0.05, 0) is 19.1 Å². The SMILES string of the molecule is CC1NC(=O)CCN(c2ccc(F)c(F)c2)C1=O. The highest BCUT2D eigenvalue weighted by molar-refractivity contribution is 6.00. The molecule has 1 unspecified atom stereocenters. The summed E-state index contributed by atoms with van der Waals surface area (Å²) in [7, 11) is 0. The summed E-state index contributed by atoms with van der Waals surface area (Å²) in [6, 6.07) is 2.56. The second kappa shape index (κ2) is 4.72. The van der Waals surface area contributed by atoms with Crippen LogP contribution in [0.2, 0.25) is 0 Å². The molecular weight excluding hydrogens is 242 g/mol. The minimum Gasteiger partial charge on any atom is -0.345 e. The van der Waals surface area contributed by atoms with Gasteiger partial charge in [-0.1, -0.05) is 0 Å². The minimum atomic E-state index is -1.02. The first-order valence-electron chi connectivity index (χ1n) is 5.55. The zero-order chi connectivity index (χ0) is 13.3. The summed E-state index contributed by atoms with van der Waals surface area (Å²) >= 11 is 0. The Balaban J connectivity index is 2.33. The van der Waals surface area contributed by atoms with E-state index in [1.165, 1.54) is 11.0 Å². The number of nitrogens with one attached hydrogen (secondary N) is 1. The molecule has 4 nitrogen and oxygen atoms in total. The van der Waals surface area contributed by atoms with Crippen molar-refractivity contribution in [1.82, 2.24) is 5.32 Å². The summed E-state index contributed by atoms with van der Waals surface area (Å²) < 4.78 is 26.0. The third kappa shape index (κ3) is 2.32. The second-order valence-corrected chi connectivity index (χ2v) is 4.13. The predicted octanol–water partition coefficient (Wildman–Crippen LogP) is 1.21. The number of nitrogens with zero attached hydrogens (tertiary/aromatic N) is 1. The third-order valence-corrected chi connectivity index (χ3v) is 2.79. The minimum absolute atomic E-state index is 0.134. The normalized spacial score (nSPS) is 20.6. The van der Waals surface area contributed by atoms with Gasteiger partial charge in [0.2, 0.25) is 11.8 Å². The topological polar surface area (TPSA) is 49.4 Å². The van der Waals surface area contributed by atoms with Crippen molar-refractivity contribution >= 4 is 17.5 Å². The molecule has 0 spiro atoms. The number of anilines is 1. The monoisotopic (exact) mass is 254 g/mol. The van der Waals surface area contributed by atoms with Crippen LogP contribution in [-0.4, -0.2) is 24.4 Å². The van der Waals surface area contributed by atoms with E-state index in [4.69, 9.17) is 0 Å². The van der Waals surface area contributed by atoms with Crippen molar-refractivity contribution in [3.8, 4) is 0 Å².